The smallest absolute Gasteiger partial charge is 0.0967 e. The topological polar surface area (TPSA) is 0 Å². The maximum atomic E-state index is 5.36. The molecule has 0 bridgehead atoms. The Morgan fingerprint density at radius 1 is 0.889 bits per heavy atom. The Kier molecular flexibility index (Phi) is 11.1. The molecule has 0 saturated heterocycles. The van der Waals surface area contributed by atoms with E-state index in [2.05, 4.69) is 0 Å². The van der Waals surface area contributed by atoms with E-state index < -0.39 is 0 Å². The Balaban J connectivity index is 0. The van der Waals surface area contributed by atoms with Crippen molar-refractivity contribution in [3.05, 3.63) is 30.3 Å². The molecule has 0 amide bonds. The van der Waals surface area contributed by atoms with Gasteiger partial charge in [0.05, 0.1) is 0 Å². The fourth-order valence-corrected chi connectivity index (χ4v) is 0.453. The van der Waals surface area contributed by atoms with Crippen molar-refractivity contribution < 1.29 is 65.4 Å². The van der Waals surface area contributed by atoms with Crippen molar-refractivity contribution in [1.29, 1.82) is 0 Å². The molecule has 3 heteroatoms. The van der Waals surface area contributed by atoms with Gasteiger partial charge < -0.3 is 0 Å². The van der Waals surface area contributed by atoms with Crippen LogP contribution in [0.5, 0.6) is 0 Å². The molecule has 0 fully saturated rings. The van der Waals surface area contributed by atoms with Gasteiger partial charge in [-0.2, -0.15) is 0 Å². The summed E-state index contributed by atoms with van der Waals surface area (Å²) in [4.78, 5) is 0. The van der Waals surface area contributed by atoms with Crippen LogP contribution in [0.1, 0.15) is 0 Å². The number of hydrogen-bond acceptors (Lipinski definition) is 0. The molecule has 0 spiro atoms. The molecule has 0 aliphatic rings. The van der Waals surface area contributed by atoms with Gasteiger partial charge in [0.1, 0.15) is 7.85 Å². The van der Waals surface area contributed by atoms with Gasteiger partial charge in [0.15, 0.2) is 0 Å². The largest absolute Gasteiger partial charge is 0.113 e. The summed E-state index contributed by atoms with van der Waals surface area (Å²) in [5.74, 6) is 0. The van der Waals surface area contributed by atoms with Gasteiger partial charge in [-0.25, -0.2) is 0 Å². The van der Waals surface area contributed by atoms with Crippen LogP contribution in [0.3, 0.4) is 0 Å². The van der Waals surface area contributed by atoms with Gasteiger partial charge in [-0.05, 0) is 0 Å². The Bertz CT molecular complexity index is 141. The maximum absolute atomic E-state index is 5.36. The van der Waals surface area contributed by atoms with E-state index in [1.165, 1.54) is 0 Å². The molecule has 0 N–H and O–H groups in total. The van der Waals surface area contributed by atoms with Crippen LogP contribution in [0.4, 0.5) is 0 Å². The van der Waals surface area contributed by atoms with Crippen molar-refractivity contribution in [3.63, 3.8) is 0 Å². The second-order valence-corrected chi connectivity index (χ2v) is 1.41. The van der Waals surface area contributed by atoms with Crippen LogP contribution < -0.4 is 5.46 Å². The molecule has 0 aliphatic carbocycles. The van der Waals surface area contributed by atoms with Gasteiger partial charge in [-0.15, -0.1) is 0 Å². The predicted octanol–water partition coefficient (Wildman–Crippen LogP) is 0.475. The molecule has 9 heavy (non-hydrogen) atoms. The first-order valence-electron chi connectivity index (χ1n) is 2.20. The fourth-order valence-electron chi connectivity index (χ4n) is 0.453. The summed E-state index contributed by atoms with van der Waals surface area (Å²) in [7, 11) is 5.36. The van der Waals surface area contributed by atoms with E-state index in [0.717, 1.165) is 5.46 Å². The quantitative estimate of drug-likeness (QED) is 0.599. The van der Waals surface area contributed by atoms with E-state index in [1.807, 2.05) is 30.3 Å². The van der Waals surface area contributed by atoms with E-state index in [0.29, 0.717) is 0 Å². The minimum atomic E-state index is 0. The van der Waals surface area contributed by atoms with E-state index in [4.69, 9.17) is 7.85 Å². The monoisotopic (exact) mass is 266 g/mol. The van der Waals surface area contributed by atoms with Gasteiger partial charge >= 0.3 is 0 Å². The molecule has 1 rings (SSSR count). The number of rotatable bonds is 0. The van der Waals surface area contributed by atoms with Crippen molar-refractivity contribution in [2.45, 2.75) is 0 Å². The maximum Gasteiger partial charge on any atom is 0.113 e. The van der Waals surface area contributed by atoms with E-state index in [9.17, 15) is 0 Å². The van der Waals surface area contributed by atoms with Gasteiger partial charge in [0.2, 0.25) is 0 Å². The number of benzene rings is 1. The molecule has 0 atom stereocenters. The molecule has 0 heterocycles. The van der Waals surface area contributed by atoms with Crippen molar-refractivity contribution in [2.24, 2.45) is 0 Å². The van der Waals surface area contributed by atoms with E-state index in [-0.39, 0.29) is 65.4 Å². The Morgan fingerprint density at radius 3 is 1.56 bits per heavy atom. The average molecular weight is 266 g/mol. The van der Waals surface area contributed by atoms with E-state index in [1.54, 1.807) is 0 Å². The summed E-state index contributed by atoms with van der Waals surface area (Å²) < 4.78 is 0. The standard InChI is InChI=1S/C6H5B.2Y/c7-6-4-2-1-3-5-6;;/h1-5H;;. The summed E-state index contributed by atoms with van der Waals surface area (Å²) in [5.41, 5.74) is 0.822. The van der Waals surface area contributed by atoms with Crippen LogP contribution >= 0.6 is 0 Å². The fraction of sp³-hybridized carbons (Fsp3) is 0. The zero-order valence-electron chi connectivity index (χ0n) is 5.12. The first-order chi connectivity index (χ1) is 3.39. The SMILES string of the molecule is [B]c1ccccc1.[Y].[Y]. The Labute approximate surface area is 107 Å². The minimum Gasteiger partial charge on any atom is -0.0967 e. The zero-order chi connectivity index (χ0) is 5.11. The number of hydrogen-bond donors (Lipinski definition) is 0. The second-order valence-electron chi connectivity index (χ2n) is 1.41. The minimum absolute atomic E-state index is 0. The predicted molar refractivity (Wildman–Crippen MR) is 31.8 cm³/mol. The van der Waals surface area contributed by atoms with Crippen LogP contribution in [-0.2, 0) is 65.4 Å². The first kappa shape index (κ1) is 13.1. The van der Waals surface area contributed by atoms with Crippen molar-refractivity contribution >= 4 is 13.3 Å². The summed E-state index contributed by atoms with van der Waals surface area (Å²) in [6.45, 7) is 0. The first-order valence-corrected chi connectivity index (χ1v) is 2.20. The average Bonchev–Trinajstić information content (AvgIpc) is 1.69. The van der Waals surface area contributed by atoms with E-state index >= 15 is 0 Å². The van der Waals surface area contributed by atoms with Crippen LogP contribution in [0, 0.1) is 0 Å². The molecule has 0 aromatic heterocycles. The van der Waals surface area contributed by atoms with Crippen LogP contribution in [0.2, 0.25) is 0 Å². The normalized spacial score (nSPS) is 6.67. The van der Waals surface area contributed by atoms with Gasteiger partial charge in [0.25, 0.3) is 0 Å². The van der Waals surface area contributed by atoms with Crippen molar-refractivity contribution in [3.8, 4) is 0 Å². The third-order valence-electron chi connectivity index (χ3n) is 0.800. The summed E-state index contributed by atoms with van der Waals surface area (Å²) >= 11 is 0. The van der Waals surface area contributed by atoms with Gasteiger partial charge in [-0.1, -0.05) is 35.8 Å². The van der Waals surface area contributed by atoms with Crippen LogP contribution in [0.25, 0.3) is 0 Å². The molecular weight excluding hydrogens is 261 g/mol. The molecule has 0 aliphatic heterocycles. The molecule has 1 aromatic carbocycles. The molecule has 4 radical (unpaired) electrons. The molecular formula is C6H5BY2. The zero-order valence-corrected chi connectivity index (χ0v) is 10.8. The summed E-state index contributed by atoms with van der Waals surface area (Å²) in [6.07, 6.45) is 0. The van der Waals surface area contributed by atoms with Crippen LogP contribution in [0.15, 0.2) is 30.3 Å². The summed E-state index contributed by atoms with van der Waals surface area (Å²) in [5, 5.41) is 0. The van der Waals surface area contributed by atoms with Gasteiger partial charge in [-0.3, -0.25) is 0 Å². The van der Waals surface area contributed by atoms with Crippen molar-refractivity contribution in [1.82, 2.24) is 0 Å². The van der Waals surface area contributed by atoms with Crippen LogP contribution in [-0.4, -0.2) is 7.85 Å². The molecule has 0 unspecified atom stereocenters. The molecule has 0 nitrogen and oxygen atoms in total. The second kappa shape index (κ2) is 7.60. The Hall–Kier alpha value is 1.49. The third kappa shape index (κ3) is 5.91. The molecule has 1 aromatic rings. The molecule has 0 saturated carbocycles. The van der Waals surface area contributed by atoms with Crippen molar-refractivity contribution in [2.75, 3.05) is 0 Å². The van der Waals surface area contributed by atoms with Gasteiger partial charge in [0, 0.05) is 65.4 Å². The third-order valence-corrected chi connectivity index (χ3v) is 0.800. The summed E-state index contributed by atoms with van der Waals surface area (Å²) in [6, 6.07) is 9.49. The molecule has 38 valence electrons. The Morgan fingerprint density at radius 2 is 1.33 bits per heavy atom.